The normalized spacial score (nSPS) is 11.8. The van der Waals surface area contributed by atoms with Crippen molar-refractivity contribution in [2.75, 3.05) is 23.9 Å². The lowest BCUT2D eigenvalue weighted by atomic mass is 10.1. The second kappa shape index (κ2) is 7.74. The molecule has 7 heteroatoms. The summed E-state index contributed by atoms with van der Waals surface area (Å²) in [5.41, 5.74) is -0.604. The van der Waals surface area contributed by atoms with Crippen LogP contribution in [0.4, 0.5) is 14.9 Å². The summed E-state index contributed by atoms with van der Waals surface area (Å²) in [6.07, 6.45) is 1.97. The maximum absolute atomic E-state index is 13.4. The number of carboxylic acids is 1. The van der Waals surface area contributed by atoms with E-state index in [1.807, 2.05) is 13.2 Å². The zero-order valence-electron chi connectivity index (χ0n) is 11.3. The molecule has 5 nitrogen and oxygen atoms in total. The van der Waals surface area contributed by atoms with E-state index in [4.69, 9.17) is 5.11 Å². The molecule has 1 aromatic rings. The third-order valence-electron chi connectivity index (χ3n) is 2.54. The zero-order valence-corrected chi connectivity index (χ0v) is 12.1. The molecule has 0 aliphatic rings. The van der Waals surface area contributed by atoms with Gasteiger partial charge in [-0.1, -0.05) is 13.0 Å². The van der Waals surface area contributed by atoms with Crippen LogP contribution >= 0.6 is 11.8 Å². The van der Waals surface area contributed by atoms with E-state index < -0.39 is 23.4 Å². The number of hydrogen-bond donors (Lipinski definition) is 3. The van der Waals surface area contributed by atoms with Crippen LogP contribution in [0.25, 0.3) is 0 Å². The van der Waals surface area contributed by atoms with Crippen molar-refractivity contribution in [3.8, 4) is 0 Å². The van der Waals surface area contributed by atoms with Crippen LogP contribution in [0.5, 0.6) is 0 Å². The van der Waals surface area contributed by atoms with Gasteiger partial charge in [-0.25, -0.2) is 14.0 Å². The van der Waals surface area contributed by atoms with Gasteiger partial charge in [-0.2, -0.15) is 11.8 Å². The van der Waals surface area contributed by atoms with Crippen LogP contribution < -0.4 is 10.6 Å². The minimum Gasteiger partial charge on any atom is -0.478 e. The van der Waals surface area contributed by atoms with Crippen molar-refractivity contribution in [2.45, 2.75) is 6.92 Å². The van der Waals surface area contributed by atoms with Crippen LogP contribution in [0.2, 0.25) is 0 Å². The molecule has 20 heavy (non-hydrogen) atoms. The minimum absolute atomic E-state index is 0.0625. The molecule has 0 aliphatic carbocycles. The number of rotatable bonds is 6. The first-order valence-corrected chi connectivity index (χ1v) is 7.40. The summed E-state index contributed by atoms with van der Waals surface area (Å²) < 4.78 is 13.4. The summed E-state index contributed by atoms with van der Waals surface area (Å²) in [6.45, 7) is 2.45. The molecular weight excluding hydrogens is 283 g/mol. The summed E-state index contributed by atoms with van der Waals surface area (Å²) in [4.78, 5) is 22.6. The Labute approximate surface area is 120 Å². The lowest BCUT2D eigenvalue weighted by Crippen LogP contribution is -2.33. The highest BCUT2D eigenvalue weighted by Gasteiger charge is 2.17. The van der Waals surface area contributed by atoms with Gasteiger partial charge in [0.15, 0.2) is 0 Å². The Morgan fingerprint density at radius 1 is 1.45 bits per heavy atom. The molecule has 1 atom stereocenters. The number of carboxylic acid groups (broad SMARTS) is 1. The van der Waals surface area contributed by atoms with Gasteiger partial charge in [0.1, 0.15) is 11.4 Å². The van der Waals surface area contributed by atoms with Gasteiger partial charge in [-0.15, -0.1) is 0 Å². The van der Waals surface area contributed by atoms with Gasteiger partial charge in [0.25, 0.3) is 0 Å². The summed E-state index contributed by atoms with van der Waals surface area (Å²) >= 11 is 1.67. The number of thioether (sulfide) groups is 1. The van der Waals surface area contributed by atoms with Gasteiger partial charge in [0.05, 0.1) is 5.69 Å². The number of urea groups is 1. The lowest BCUT2D eigenvalue weighted by molar-refractivity contribution is 0.0693. The molecule has 110 valence electrons. The molecule has 1 aromatic carbocycles. The van der Waals surface area contributed by atoms with Gasteiger partial charge in [-0.3, -0.25) is 0 Å². The topological polar surface area (TPSA) is 78.4 Å². The Morgan fingerprint density at radius 2 is 2.15 bits per heavy atom. The van der Waals surface area contributed by atoms with Gasteiger partial charge >= 0.3 is 12.0 Å². The molecule has 0 aliphatic heterocycles. The number of anilines is 1. The fraction of sp³-hybridized carbons (Fsp3) is 0.385. The van der Waals surface area contributed by atoms with Crippen molar-refractivity contribution in [1.82, 2.24) is 5.32 Å². The highest BCUT2D eigenvalue weighted by Crippen LogP contribution is 2.18. The quantitative estimate of drug-likeness (QED) is 0.754. The molecule has 0 saturated heterocycles. The molecule has 0 radical (unpaired) electrons. The maximum atomic E-state index is 13.4. The molecule has 1 unspecified atom stereocenters. The molecule has 3 N–H and O–H groups in total. The number of carbonyl (C=O) groups is 2. The fourth-order valence-corrected chi connectivity index (χ4v) is 2.31. The second-order valence-electron chi connectivity index (χ2n) is 4.36. The summed E-state index contributed by atoms with van der Waals surface area (Å²) in [6, 6.07) is 3.17. The smallest absolute Gasteiger partial charge is 0.340 e. The van der Waals surface area contributed by atoms with Crippen LogP contribution in [0.15, 0.2) is 18.2 Å². The van der Waals surface area contributed by atoms with Crippen molar-refractivity contribution in [3.63, 3.8) is 0 Å². The molecule has 0 heterocycles. The number of halogens is 1. The Bertz CT molecular complexity index is 497. The first-order chi connectivity index (χ1) is 9.45. The minimum atomic E-state index is -1.42. The summed E-state index contributed by atoms with van der Waals surface area (Å²) in [5, 5.41) is 13.9. The second-order valence-corrected chi connectivity index (χ2v) is 5.27. The monoisotopic (exact) mass is 300 g/mol. The van der Waals surface area contributed by atoms with E-state index >= 15 is 0 Å². The van der Waals surface area contributed by atoms with E-state index in [1.54, 1.807) is 11.8 Å². The average molecular weight is 300 g/mol. The highest BCUT2D eigenvalue weighted by molar-refractivity contribution is 7.98. The Morgan fingerprint density at radius 3 is 2.75 bits per heavy atom. The number of benzene rings is 1. The molecule has 0 aromatic heterocycles. The summed E-state index contributed by atoms with van der Waals surface area (Å²) in [7, 11) is 0. The van der Waals surface area contributed by atoms with Gasteiger partial charge in [-0.05, 0) is 30.1 Å². The number of hydrogen-bond acceptors (Lipinski definition) is 3. The van der Waals surface area contributed by atoms with Crippen molar-refractivity contribution in [1.29, 1.82) is 0 Å². The number of nitrogens with one attached hydrogen (secondary N) is 2. The molecule has 2 amide bonds. The van der Waals surface area contributed by atoms with Gasteiger partial charge in [0, 0.05) is 6.54 Å². The predicted octanol–water partition coefficient (Wildman–Crippen LogP) is 2.64. The van der Waals surface area contributed by atoms with E-state index in [0.717, 1.165) is 11.8 Å². The third-order valence-corrected chi connectivity index (χ3v) is 3.44. The van der Waals surface area contributed by atoms with Gasteiger partial charge < -0.3 is 15.7 Å². The van der Waals surface area contributed by atoms with Gasteiger partial charge in [0.2, 0.25) is 0 Å². The first-order valence-electron chi connectivity index (χ1n) is 6.01. The van der Waals surface area contributed by atoms with Crippen LogP contribution in [-0.2, 0) is 0 Å². The Kier molecular flexibility index (Phi) is 6.30. The third kappa shape index (κ3) is 4.73. The number of amides is 2. The van der Waals surface area contributed by atoms with Crippen LogP contribution in [0.1, 0.15) is 17.3 Å². The zero-order chi connectivity index (χ0) is 15.1. The van der Waals surface area contributed by atoms with Crippen LogP contribution in [0.3, 0.4) is 0 Å². The van der Waals surface area contributed by atoms with Crippen molar-refractivity contribution < 1.29 is 19.1 Å². The van der Waals surface area contributed by atoms with Crippen molar-refractivity contribution in [3.05, 3.63) is 29.6 Å². The highest BCUT2D eigenvalue weighted by atomic mass is 32.2. The molecule has 0 fully saturated rings. The molecule has 0 spiro atoms. The van der Waals surface area contributed by atoms with Crippen LogP contribution in [0, 0.1) is 11.7 Å². The largest absolute Gasteiger partial charge is 0.478 e. The van der Waals surface area contributed by atoms with E-state index in [9.17, 15) is 14.0 Å². The molecular formula is C13H17FN2O3S. The molecule has 1 rings (SSSR count). The molecule has 0 bridgehead atoms. The van der Waals surface area contributed by atoms with Crippen molar-refractivity contribution in [2.24, 2.45) is 5.92 Å². The predicted molar refractivity (Wildman–Crippen MR) is 77.9 cm³/mol. The SMILES string of the molecule is CSCC(C)CNC(=O)Nc1cccc(F)c1C(=O)O. The fourth-order valence-electron chi connectivity index (χ4n) is 1.62. The average Bonchev–Trinajstić information content (AvgIpc) is 2.36. The number of carbonyl (C=O) groups excluding carboxylic acids is 1. The standard InChI is InChI=1S/C13H17FN2O3S/c1-8(7-20-2)6-15-13(19)16-10-5-3-4-9(14)11(10)12(17)18/h3-5,8H,6-7H2,1-2H3,(H,17,18)(H2,15,16,19). The summed E-state index contributed by atoms with van der Waals surface area (Å²) in [5.74, 6) is -1.11. The van der Waals surface area contributed by atoms with E-state index in [0.29, 0.717) is 12.5 Å². The first kappa shape index (κ1) is 16.3. The lowest BCUT2D eigenvalue weighted by Gasteiger charge is -2.13. The van der Waals surface area contributed by atoms with E-state index in [1.165, 1.54) is 12.1 Å². The molecule has 0 saturated carbocycles. The van der Waals surface area contributed by atoms with E-state index in [-0.39, 0.29) is 5.69 Å². The number of aromatic carboxylic acids is 1. The van der Waals surface area contributed by atoms with Crippen molar-refractivity contribution >= 4 is 29.4 Å². The Balaban J connectivity index is 2.67. The maximum Gasteiger partial charge on any atom is 0.340 e. The van der Waals surface area contributed by atoms with E-state index in [2.05, 4.69) is 10.6 Å². The Hall–Kier alpha value is -1.76. The van der Waals surface area contributed by atoms with Crippen LogP contribution in [-0.4, -0.2) is 35.7 Å².